The van der Waals surface area contributed by atoms with Crippen LogP contribution in [0.3, 0.4) is 0 Å². The molecule has 126 valence electrons. The second-order valence-electron chi connectivity index (χ2n) is 7.80. The van der Waals surface area contributed by atoms with Gasteiger partial charge >= 0.3 is 0 Å². The van der Waals surface area contributed by atoms with Crippen molar-refractivity contribution in [2.45, 2.75) is 108 Å². The molecule has 0 aromatic rings. The van der Waals surface area contributed by atoms with E-state index in [9.17, 15) is 5.11 Å². The third-order valence-electron chi connectivity index (χ3n) is 6.05. The van der Waals surface area contributed by atoms with Crippen molar-refractivity contribution >= 4 is 6.21 Å². The van der Waals surface area contributed by atoms with Crippen LogP contribution < -0.4 is 0 Å². The average Bonchev–Trinajstić information content (AvgIpc) is 2.59. The summed E-state index contributed by atoms with van der Waals surface area (Å²) >= 11 is 0. The zero-order valence-corrected chi connectivity index (χ0v) is 14.1. The Morgan fingerprint density at radius 1 is 0.682 bits per heavy atom. The first-order valence-electron chi connectivity index (χ1n) is 9.83. The Labute approximate surface area is 136 Å². The van der Waals surface area contributed by atoms with Crippen molar-refractivity contribution in [3.8, 4) is 0 Å². The maximum Gasteiger partial charge on any atom is 0.0540 e. The SMILES string of the molecule is OC1CCC(C=NN(C2CCCCC2)C2CCCCC2)CC1. The van der Waals surface area contributed by atoms with Gasteiger partial charge < -0.3 is 5.11 Å². The maximum atomic E-state index is 9.66. The summed E-state index contributed by atoms with van der Waals surface area (Å²) in [4.78, 5) is 0. The number of hydrogen-bond donors (Lipinski definition) is 1. The largest absolute Gasteiger partial charge is 0.393 e. The first kappa shape index (κ1) is 16.3. The molecule has 3 aliphatic rings. The molecule has 0 aromatic heterocycles. The molecule has 0 amide bonds. The lowest BCUT2D eigenvalue weighted by Crippen LogP contribution is -2.42. The number of hydrogen-bond acceptors (Lipinski definition) is 3. The van der Waals surface area contributed by atoms with Crippen molar-refractivity contribution in [3.05, 3.63) is 0 Å². The summed E-state index contributed by atoms with van der Waals surface area (Å²) in [7, 11) is 0. The van der Waals surface area contributed by atoms with E-state index in [0.29, 0.717) is 18.0 Å². The lowest BCUT2D eigenvalue weighted by molar-refractivity contribution is 0.0835. The Bertz CT molecular complexity index is 319. The van der Waals surface area contributed by atoms with E-state index in [1.807, 2.05) is 0 Å². The highest BCUT2D eigenvalue weighted by molar-refractivity contribution is 5.60. The molecular weight excluding hydrogens is 272 g/mol. The molecular formula is C19H34N2O. The molecule has 0 heterocycles. The first-order valence-corrected chi connectivity index (χ1v) is 9.83. The fourth-order valence-electron chi connectivity index (χ4n) is 4.60. The number of nitrogens with zero attached hydrogens (tertiary/aromatic N) is 2. The Balaban J connectivity index is 1.61. The third kappa shape index (κ3) is 4.47. The molecule has 22 heavy (non-hydrogen) atoms. The van der Waals surface area contributed by atoms with E-state index in [2.05, 4.69) is 11.2 Å². The number of aliphatic hydroxyl groups excluding tert-OH is 1. The second-order valence-corrected chi connectivity index (χ2v) is 7.80. The van der Waals surface area contributed by atoms with Gasteiger partial charge in [-0.3, -0.25) is 5.01 Å². The van der Waals surface area contributed by atoms with Crippen LogP contribution in [-0.2, 0) is 0 Å². The van der Waals surface area contributed by atoms with Gasteiger partial charge in [0.1, 0.15) is 0 Å². The standard InChI is InChI=1S/C19H34N2O/c22-19-13-11-16(12-14-19)15-20-21(17-7-3-1-4-8-17)18-9-5-2-6-10-18/h15-19,22H,1-14H2. The van der Waals surface area contributed by atoms with Crippen molar-refractivity contribution in [1.82, 2.24) is 5.01 Å². The number of hydrazone groups is 1. The van der Waals surface area contributed by atoms with Gasteiger partial charge in [0.25, 0.3) is 0 Å². The van der Waals surface area contributed by atoms with E-state index < -0.39 is 0 Å². The molecule has 0 aliphatic heterocycles. The van der Waals surface area contributed by atoms with Crippen LogP contribution in [0.25, 0.3) is 0 Å². The molecule has 3 heteroatoms. The zero-order chi connectivity index (χ0) is 15.2. The fraction of sp³-hybridized carbons (Fsp3) is 0.947. The molecule has 0 bridgehead atoms. The predicted molar refractivity (Wildman–Crippen MR) is 92.0 cm³/mol. The molecule has 0 atom stereocenters. The zero-order valence-electron chi connectivity index (χ0n) is 14.1. The van der Waals surface area contributed by atoms with Crippen LogP contribution in [0.4, 0.5) is 0 Å². The van der Waals surface area contributed by atoms with E-state index >= 15 is 0 Å². The Morgan fingerprint density at radius 2 is 1.18 bits per heavy atom. The van der Waals surface area contributed by atoms with Gasteiger partial charge in [0.2, 0.25) is 0 Å². The van der Waals surface area contributed by atoms with Crippen LogP contribution in [-0.4, -0.2) is 34.5 Å². The van der Waals surface area contributed by atoms with E-state index in [-0.39, 0.29) is 6.10 Å². The van der Waals surface area contributed by atoms with Crippen molar-refractivity contribution in [2.24, 2.45) is 11.0 Å². The number of rotatable bonds is 4. The van der Waals surface area contributed by atoms with Crippen molar-refractivity contribution < 1.29 is 5.11 Å². The summed E-state index contributed by atoms with van der Waals surface area (Å²) in [6, 6.07) is 1.39. The maximum absolute atomic E-state index is 9.66. The van der Waals surface area contributed by atoms with E-state index in [1.165, 1.54) is 64.2 Å². The second kappa shape index (κ2) is 8.33. The number of aliphatic hydroxyl groups is 1. The minimum absolute atomic E-state index is 0.0579. The van der Waals surface area contributed by atoms with Crippen LogP contribution >= 0.6 is 0 Å². The van der Waals surface area contributed by atoms with Crippen LogP contribution in [0.2, 0.25) is 0 Å². The highest BCUT2D eigenvalue weighted by atomic mass is 16.3. The smallest absolute Gasteiger partial charge is 0.0540 e. The third-order valence-corrected chi connectivity index (χ3v) is 6.05. The molecule has 0 saturated heterocycles. The minimum atomic E-state index is -0.0579. The van der Waals surface area contributed by atoms with Gasteiger partial charge in [-0.15, -0.1) is 0 Å². The highest BCUT2D eigenvalue weighted by Gasteiger charge is 2.28. The van der Waals surface area contributed by atoms with Gasteiger partial charge in [0.05, 0.1) is 6.10 Å². The van der Waals surface area contributed by atoms with E-state index in [4.69, 9.17) is 5.10 Å². The Morgan fingerprint density at radius 3 is 1.68 bits per heavy atom. The van der Waals surface area contributed by atoms with Crippen LogP contribution in [0.15, 0.2) is 5.10 Å². The molecule has 0 unspecified atom stereocenters. The molecule has 3 fully saturated rings. The van der Waals surface area contributed by atoms with E-state index in [0.717, 1.165) is 25.7 Å². The van der Waals surface area contributed by atoms with Crippen LogP contribution in [0, 0.1) is 5.92 Å². The van der Waals surface area contributed by atoms with Crippen molar-refractivity contribution in [2.75, 3.05) is 0 Å². The lowest BCUT2D eigenvalue weighted by atomic mass is 9.88. The first-order chi connectivity index (χ1) is 10.8. The van der Waals surface area contributed by atoms with Gasteiger partial charge in [-0.2, -0.15) is 5.10 Å². The molecule has 3 saturated carbocycles. The van der Waals surface area contributed by atoms with Crippen molar-refractivity contribution in [1.29, 1.82) is 0 Å². The minimum Gasteiger partial charge on any atom is -0.393 e. The molecule has 1 N–H and O–H groups in total. The highest BCUT2D eigenvalue weighted by Crippen LogP contribution is 2.31. The molecule has 3 nitrogen and oxygen atoms in total. The summed E-state index contributed by atoms with van der Waals surface area (Å²) in [5.74, 6) is 0.595. The molecule has 0 radical (unpaired) electrons. The topological polar surface area (TPSA) is 35.8 Å². The Hall–Kier alpha value is -0.570. The molecule has 3 aliphatic carbocycles. The molecule has 0 spiro atoms. The average molecular weight is 306 g/mol. The monoisotopic (exact) mass is 306 g/mol. The predicted octanol–water partition coefficient (Wildman–Crippen LogP) is 4.49. The summed E-state index contributed by atoms with van der Waals surface area (Å²) in [5, 5.41) is 17.2. The summed E-state index contributed by atoms with van der Waals surface area (Å²) in [6.45, 7) is 0. The molecule has 3 rings (SSSR count). The van der Waals surface area contributed by atoms with Gasteiger partial charge in [-0.1, -0.05) is 38.5 Å². The van der Waals surface area contributed by atoms with Crippen molar-refractivity contribution in [3.63, 3.8) is 0 Å². The van der Waals surface area contributed by atoms with Crippen LogP contribution in [0.1, 0.15) is 89.9 Å². The summed E-state index contributed by atoms with van der Waals surface area (Å²) in [5.41, 5.74) is 0. The van der Waals surface area contributed by atoms with Gasteiger partial charge in [-0.25, -0.2) is 0 Å². The summed E-state index contributed by atoms with van der Waals surface area (Å²) in [6.07, 6.45) is 20.1. The van der Waals surface area contributed by atoms with Crippen LogP contribution in [0.5, 0.6) is 0 Å². The van der Waals surface area contributed by atoms with E-state index in [1.54, 1.807) is 0 Å². The van der Waals surface area contributed by atoms with Gasteiger partial charge in [0, 0.05) is 18.3 Å². The quantitative estimate of drug-likeness (QED) is 0.613. The fourth-order valence-corrected chi connectivity index (χ4v) is 4.60. The summed E-state index contributed by atoms with van der Waals surface area (Å²) < 4.78 is 0. The lowest BCUT2D eigenvalue weighted by Gasteiger charge is -2.40. The van der Waals surface area contributed by atoms with Gasteiger partial charge in [0.15, 0.2) is 0 Å². The normalized spacial score (nSPS) is 32.4. The Kier molecular flexibility index (Phi) is 6.17. The van der Waals surface area contributed by atoms with Gasteiger partial charge in [-0.05, 0) is 57.3 Å². The molecule has 0 aromatic carbocycles.